The highest BCUT2D eigenvalue weighted by atomic mass is 16.5. The van der Waals surface area contributed by atoms with Crippen molar-refractivity contribution in [2.75, 3.05) is 7.11 Å². The molecule has 0 aliphatic rings. The summed E-state index contributed by atoms with van der Waals surface area (Å²) < 4.78 is 7.14. The van der Waals surface area contributed by atoms with Gasteiger partial charge in [0.2, 0.25) is 0 Å². The zero-order valence-corrected chi connectivity index (χ0v) is 11.1. The van der Waals surface area contributed by atoms with Gasteiger partial charge < -0.3 is 4.74 Å². The fraction of sp³-hybridized carbons (Fsp3) is 0.214. The predicted octanol–water partition coefficient (Wildman–Crippen LogP) is 2.35. The van der Waals surface area contributed by atoms with Crippen LogP contribution in [0.15, 0.2) is 30.6 Å². The molecular weight excluding hydrogens is 240 g/mol. The lowest BCUT2D eigenvalue weighted by molar-refractivity contribution is 0.419. The average Bonchev–Trinajstić information content (AvgIpc) is 2.83. The number of aromatic nitrogens is 4. The first-order valence-corrected chi connectivity index (χ1v) is 5.99. The summed E-state index contributed by atoms with van der Waals surface area (Å²) in [6.07, 6.45) is 1.55. The van der Waals surface area contributed by atoms with E-state index in [1.807, 2.05) is 38.2 Å². The van der Waals surface area contributed by atoms with Crippen molar-refractivity contribution in [3.8, 4) is 17.1 Å². The average molecular weight is 254 g/mol. The Kier molecular flexibility index (Phi) is 2.67. The summed E-state index contributed by atoms with van der Waals surface area (Å²) in [5.41, 5.74) is 2.79. The van der Waals surface area contributed by atoms with Crippen LogP contribution in [0.4, 0.5) is 0 Å². The minimum Gasteiger partial charge on any atom is -0.494 e. The summed E-state index contributed by atoms with van der Waals surface area (Å²) in [5, 5.41) is 5.14. The van der Waals surface area contributed by atoms with E-state index in [-0.39, 0.29) is 0 Å². The number of methoxy groups -OCH3 is 1. The Balaban J connectivity index is 2.40. The van der Waals surface area contributed by atoms with Gasteiger partial charge in [-0.2, -0.15) is 5.10 Å². The molecule has 0 aliphatic carbocycles. The second-order valence-electron chi connectivity index (χ2n) is 4.37. The number of nitrogens with zero attached hydrogens (tertiary/aromatic N) is 4. The molecule has 0 radical (unpaired) electrons. The van der Waals surface area contributed by atoms with Crippen molar-refractivity contribution in [2.24, 2.45) is 7.05 Å². The van der Waals surface area contributed by atoms with E-state index in [1.165, 1.54) is 0 Å². The van der Waals surface area contributed by atoms with Crippen LogP contribution in [0.2, 0.25) is 0 Å². The van der Waals surface area contributed by atoms with Crippen LogP contribution in [0.3, 0.4) is 0 Å². The van der Waals surface area contributed by atoms with Crippen LogP contribution >= 0.6 is 0 Å². The molecule has 0 fully saturated rings. The summed E-state index contributed by atoms with van der Waals surface area (Å²) in [5.74, 6) is 1.59. The first kappa shape index (κ1) is 11.6. The lowest BCUT2D eigenvalue weighted by Crippen LogP contribution is -1.98. The van der Waals surface area contributed by atoms with Gasteiger partial charge in [0.25, 0.3) is 0 Å². The number of rotatable bonds is 2. The van der Waals surface area contributed by atoms with Crippen LogP contribution < -0.4 is 4.74 Å². The molecule has 2 aromatic heterocycles. The van der Waals surface area contributed by atoms with Crippen LogP contribution in [0.1, 0.15) is 5.69 Å². The Labute approximate surface area is 110 Å². The molecule has 19 heavy (non-hydrogen) atoms. The van der Waals surface area contributed by atoms with E-state index in [9.17, 15) is 0 Å². The third-order valence-corrected chi connectivity index (χ3v) is 3.10. The highest BCUT2D eigenvalue weighted by Gasteiger charge is 2.13. The monoisotopic (exact) mass is 254 g/mol. The maximum atomic E-state index is 5.38. The molecule has 0 atom stereocenters. The molecule has 5 heteroatoms. The summed E-state index contributed by atoms with van der Waals surface area (Å²) in [4.78, 5) is 8.88. The molecule has 0 saturated carbocycles. The smallest absolute Gasteiger partial charge is 0.158 e. The van der Waals surface area contributed by atoms with Gasteiger partial charge in [-0.15, -0.1) is 0 Å². The minimum absolute atomic E-state index is 0.768. The molecule has 0 N–H and O–H groups in total. The molecule has 0 bridgehead atoms. The van der Waals surface area contributed by atoms with Gasteiger partial charge in [-0.1, -0.05) is 12.1 Å². The van der Waals surface area contributed by atoms with E-state index in [0.717, 1.165) is 33.7 Å². The minimum atomic E-state index is 0.768. The fourth-order valence-corrected chi connectivity index (χ4v) is 2.24. The molecule has 0 amide bonds. The fourth-order valence-electron chi connectivity index (χ4n) is 2.24. The van der Waals surface area contributed by atoms with Gasteiger partial charge in [0.1, 0.15) is 17.6 Å². The summed E-state index contributed by atoms with van der Waals surface area (Å²) in [6.45, 7) is 1.96. The lowest BCUT2D eigenvalue weighted by atomic mass is 10.1. The standard InChI is InChI=1S/C14H14N4O/c1-9-7-11(14-15-8-16-18(14)2)10-5-4-6-12(19-3)13(10)17-9/h4-8H,1-3H3. The third kappa shape index (κ3) is 1.83. The van der Waals surface area contributed by atoms with Gasteiger partial charge in [-0.3, -0.25) is 0 Å². The van der Waals surface area contributed by atoms with Crippen molar-refractivity contribution in [3.63, 3.8) is 0 Å². The summed E-state index contributed by atoms with van der Waals surface area (Å²) in [7, 11) is 3.53. The van der Waals surface area contributed by atoms with Gasteiger partial charge >= 0.3 is 0 Å². The SMILES string of the molecule is COc1cccc2c(-c3ncnn3C)cc(C)nc12. The first-order valence-electron chi connectivity index (χ1n) is 5.99. The highest BCUT2D eigenvalue weighted by Crippen LogP contribution is 2.31. The molecule has 0 aliphatic heterocycles. The molecular formula is C14H14N4O. The normalized spacial score (nSPS) is 10.9. The number of aryl methyl sites for hydroxylation is 2. The molecule has 0 unspecified atom stereocenters. The van der Waals surface area contributed by atoms with Crippen LogP contribution in [0, 0.1) is 6.92 Å². The van der Waals surface area contributed by atoms with Gasteiger partial charge in [-0.05, 0) is 19.1 Å². The summed E-state index contributed by atoms with van der Waals surface area (Å²) in [6, 6.07) is 7.91. The van der Waals surface area contributed by atoms with Crippen molar-refractivity contribution < 1.29 is 4.74 Å². The van der Waals surface area contributed by atoms with Gasteiger partial charge in [-0.25, -0.2) is 14.6 Å². The van der Waals surface area contributed by atoms with Crippen molar-refractivity contribution in [3.05, 3.63) is 36.3 Å². The van der Waals surface area contributed by atoms with Crippen molar-refractivity contribution >= 4 is 10.9 Å². The van der Waals surface area contributed by atoms with E-state index in [4.69, 9.17) is 4.74 Å². The topological polar surface area (TPSA) is 52.8 Å². The third-order valence-electron chi connectivity index (χ3n) is 3.10. The largest absolute Gasteiger partial charge is 0.494 e. The van der Waals surface area contributed by atoms with Crippen molar-refractivity contribution in [1.29, 1.82) is 0 Å². The van der Waals surface area contributed by atoms with Gasteiger partial charge in [0.05, 0.1) is 7.11 Å². The van der Waals surface area contributed by atoms with E-state index >= 15 is 0 Å². The van der Waals surface area contributed by atoms with Crippen molar-refractivity contribution in [1.82, 2.24) is 19.7 Å². The maximum absolute atomic E-state index is 5.38. The molecule has 1 aromatic carbocycles. The van der Waals surface area contributed by atoms with E-state index < -0.39 is 0 Å². The Morgan fingerprint density at radius 2 is 2.11 bits per heavy atom. The predicted molar refractivity (Wildman–Crippen MR) is 73.0 cm³/mol. The Morgan fingerprint density at radius 3 is 2.79 bits per heavy atom. The quantitative estimate of drug-likeness (QED) is 0.704. The van der Waals surface area contributed by atoms with Crippen LogP contribution in [0.5, 0.6) is 5.75 Å². The lowest BCUT2D eigenvalue weighted by Gasteiger charge is -2.10. The molecule has 5 nitrogen and oxygen atoms in total. The van der Waals surface area contributed by atoms with E-state index in [2.05, 4.69) is 15.1 Å². The second kappa shape index (κ2) is 4.35. The maximum Gasteiger partial charge on any atom is 0.158 e. The number of ether oxygens (including phenoxy) is 1. The molecule has 0 spiro atoms. The highest BCUT2D eigenvalue weighted by molar-refractivity contribution is 5.96. The molecule has 0 saturated heterocycles. The molecule has 2 heterocycles. The molecule has 3 rings (SSSR count). The Morgan fingerprint density at radius 1 is 1.26 bits per heavy atom. The Hall–Kier alpha value is -2.43. The number of para-hydroxylation sites is 1. The molecule has 3 aromatic rings. The van der Waals surface area contributed by atoms with Gasteiger partial charge in [0.15, 0.2) is 5.82 Å². The number of pyridine rings is 1. The van der Waals surface area contributed by atoms with Gasteiger partial charge in [0, 0.05) is 23.7 Å². The second-order valence-corrected chi connectivity index (χ2v) is 4.37. The Bertz CT molecular complexity index is 748. The number of hydrogen-bond donors (Lipinski definition) is 0. The zero-order chi connectivity index (χ0) is 13.4. The van der Waals surface area contributed by atoms with Crippen LogP contribution in [-0.2, 0) is 7.05 Å². The summed E-state index contributed by atoms with van der Waals surface area (Å²) >= 11 is 0. The van der Waals surface area contributed by atoms with E-state index in [0.29, 0.717) is 0 Å². The number of benzene rings is 1. The molecule has 96 valence electrons. The van der Waals surface area contributed by atoms with Crippen LogP contribution in [-0.4, -0.2) is 26.9 Å². The number of hydrogen-bond acceptors (Lipinski definition) is 4. The number of fused-ring (bicyclic) bond motifs is 1. The first-order chi connectivity index (χ1) is 9.20. The van der Waals surface area contributed by atoms with Crippen molar-refractivity contribution in [2.45, 2.75) is 6.92 Å². The zero-order valence-electron chi connectivity index (χ0n) is 11.1. The van der Waals surface area contributed by atoms with Crippen LogP contribution in [0.25, 0.3) is 22.3 Å². The van der Waals surface area contributed by atoms with E-state index in [1.54, 1.807) is 18.1 Å².